The Bertz CT molecular complexity index is 385. The monoisotopic (exact) mass is 269 g/mol. The van der Waals surface area contributed by atoms with Crippen LogP contribution in [0.3, 0.4) is 0 Å². The number of halogens is 2. The third-order valence-electron chi connectivity index (χ3n) is 3.47. The third-order valence-corrected chi connectivity index (χ3v) is 3.47. The van der Waals surface area contributed by atoms with Crippen LogP contribution < -0.4 is 10.1 Å². The molecule has 0 saturated heterocycles. The molecule has 1 aliphatic rings. The van der Waals surface area contributed by atoms with Gasteiger partial charge in [0.2, 0.25) is 0 Å². The van der Waals surface area contributed by atoms with Gasteiger partial charge >= 0.3 is 0 Å². The van der Waals surface area contributed by atoms with Crippen molar-refractivity contribution in [1.29, 1.82) is 0 Å². The number of ether oxygens (including phenoxy) is 1. The van der Waals surface area contributed by atoms with E-state index in [9.17, 15) is 8.78 Å². The summed E-state index contributed by atoms with van der Waals surface area (Å²) < 4.78 is 31.6. The molecule has 2 nitrogen and oxygen atoms in total. The molecule has 0 bridgehead atoms. The molecule has 1 aromatic rings. The van der Waals surface area contributed by atoms with E-state index in [0.29, 0.717) is 12.6 Å². The van der Waals surface area contributed by atoms with Crippen LogP contribution >= 0.6 is 0 Å². The van der Waals surface area contributed by atoms with Crippen molar-refractivity contribution >= 4 is 0 Å². The highest BCUT2D eigenvalue weighted by atomic mass is 19.1. The molecule has 2 rings (SSSR count). The van der Waals surface area contributed by atoms with E-state index in [0.717, 1.165) is 6.07 Å². The van der Waals surface area contributed by atoms with Gasteiger partial charge < -0.3 is 10.1 Å². The van der Waals surface area contributed by atoms with Crippen LogP contribution in [-0.2, 0) is 0 Å². The van der Waals surface area contributed by atoms with Crippen LogP contribution in [0.25, 0.3) is 0 Å². The fourth-order valence-electron chi connectivity index (χ4n) is 2.51. The summed E-state index contributed by atoms with van der Waals surface area (Å²) in [6.07, 6.45) is 6.20. The van der Waals surface area contributed by atoms with E-state index in [1.165, 1.54) is 44.2 Å². The van der Waals surface area contributed by atoms with Gasteiger partial charge in [0, 0.05) is 30.8 Å². The molecule has 0 aromatic heterocycles. The molecule has 1 aromatic carbocycles. The molecule has 19 heavy (non-hydrogen) atoms. The summed E-state index contributed by atoms with van der Waals surface area (Å²) in [5.74, 6) is -0.972. The standard InChI is InChI=1S/C15H21F2NO/c1-11(10-18-14-5-3-2-4-6-14)19-15-8-12(16)7-13(17)9-15/h7-9,11,14,18H,2-6,10H2,1H3. The summed E-state index contributed by atoms with van der Waals surface area (Å²) in [5, 5.41) is 3.46. The molecule has 1 saturated carbocycles. The topological polar surface area (TPSA) is 21.3 Å². The molecule has 0 aliphatic heterocycles. The molecule has 0 heterocycles. The second-order valence-corrected chi connectivity index (χ2v) is 5.28. The highest BCUT2D eigenvalue weighted by molar-refractivity contribution is 5.24. The van der Waals surface area contributed by atoms with Crippen molar-refractivity contribution in [2.45, 2.75) is 51.2 Å². The maximum absolute atomic E-state index is 13.0. The molecule has 1 fully saturated rings. The van der Waals surface area contributed by atoms with Gasteiger partial charge in [-0.05, 0) is 19.8 Å². The lowest BCUT2D eigenvalue weighted by molar-refractivity contribution is 0.204. The number of nitrogens with one attached hydrogen (secondary N) is 1. The van der Waals surface area contributed by atoms with Crippen molar-refractivity contribution in [3.05, 3.63) is 29.8 Å². The van der Waals surface area contributed by atoms with Gasteiger partial charge in [0.15, 0.2) is 0 Å². The summed E-state index contributed by atoms with van der Waals surface area (Å²) in [6, 6.07) is 3.82. The highest BCUT2D eigenvalue weighted by Crippen LogP contribution is 2.18. The second kappa shape index (κ2) is 6.85. The lowest BCUT2D eigenvalue weighted by atomic mass is 9.95. The molecule has 1 unspecified atom stereocenters. The SMILES string of the molecule is CC(CNC1CCCCC1)Oc1cc(F)cc(F)c1. The summed E-state index contributed by atoms with van der Waals surface area (Å²) in [4.78, 5) is 0. The van der Waals surface area contributed by atoms with Crippen LogP contribution in [-0.4, -0.2) is 18.7 Å². The predicted molar refractivity (Wildman–Crippen MR) is 71.3 cm³/mol. The maximum Gasteiger partial charge on any atom is 0.129 e. The Balaban J connectivity index is 1.78. The average molecular weight is 269 g/mol. The molecular formula is C15H21F2NO. The van der Waals surface area contributed by atoms with Crippen molar-refractivity contribution in [2.24, 2.45) is 0 Å². The van der Waals surface area contributed by atoms with Crippen molar-refractivity contribution in [2.75, 3.05) is 6.54 Å². The summed E-state index contributed by atoms with van der Waals surface area (Å²) in [7, 11) is 0. The van der Waals surface area contributed by atoms with Crippen LogP contribution in [0.4, 0.5) is 8.78 Å². The van der Waals surface area contributed by atoms with E-state index in [-0.39, 0.29) is 11.9 Å². The molecule has 0 spiro atoms. The lowest BCUT2D eigenvalue weighted by Crippen LogP contribution is -2.37. The second-order valence-electron chi connectivity index (χ2n) is 5.28. The minimum absolute atomic E-state index is 0.108. The Morgan fingerprint density at radius 2 is 1.79 bits per heavy atom. The molecule has 1 atom stereocenters. The van der Waals surface area contributed by atoms with Crippen molar-refractivity contribution in [1.82, 2.24) is 5.32 Å². The predicted octanol–water partition coefficient (Wildman–Crippen LogP) is 3.65. The van der Waals surface area contributed by atoms with Gasteiger partial charge in [0.05, 0.1) is 0 Å². The van der Waals surface area contributed by atoms with Crippen molar-refractivity contribution in [3.8, 4) is 5.75 Å². The minimum atomic E-state index is -0.609. The van der Waals surface area contributed by atoms with Crippen LogP contribution in [0.1, 0.15) is 39.0 Å². The van der Waals surface area contributed by atoms with Gasteiger partial charge in [0.25, 0.3) is 0 Å². The maximum atomic E-state index is 13.0. The normalized spacial score (nSPS) is 18.3. The first-order valence-corrected chi connectivity index (χ1v) is 6.99. The molecule has 0 radical (unpaired) electrons. The minimum Gasteiger partial charge on any atom is -0.489 e. The number of benzene rings is 1. The van der Waals surface area contributed by atoms with E-state index < -0.39 is 11.6 Å². The lowest BCUT2D eigenvalue weighted by Gasteiger charge is -2.25. The highest BCUT2D eigenvalue weighted by Gasteiger charge is 2.14. The zero-order valence-corrected chi connectivity index (χ0v) is 11.3. The Labute approximate surface area is 113 Å². The largest absolute Gasteiger partial charge is 0.489 e. The number of hydrogen-bond acceptors (Lipinski definition) is 2. The van der Waals surface area contributed by atoms with Crippen LogP contribution in [0.15, 0.2) is 18.2 Å². The fourth-order valence-corrected chi connectivity index (χ4v) is 2.51. The van der Waals surface area contributed by atoms with Gasteiger partial charge in [-0.1, -0.05) is 19.3 Å². The van der Waals surface area contributed by atoms with Gasteiger partial charge in [-0.3, -0.25) is 0 Å². The van der Waals surface area contributed by atoms with E-state index in [1.54, 1.807) is 0 Å². The van der Waals surface area contributed by atoms with E-state index in [4.69, 9.17) is 4.74 Å². The Morgan fingerprint density at radius 1 is 1.16 bits per heavy atom. The fraction of sp³-hybridized carbons (Fsp3) is 0.600. The molecule has 1 N–H and O–H groups in total. The molecule has 106 valence electrons. The summed E-state index contributed by atoms with van der Waals surface area (Å²) >= 11 is 0. The van der Waals surface area contributed by atoms with E-state index >= 15 is 0 Å². The average Bonchev–Trinajstić information content (AvgIpc) is 2.36. The van der Waals surface area contributed by atoms with Gasteiger partial charge in [0.1, 0.15) is 23.5 Å². The quantitative estimate of drug-likeness (QED) is 0.881. The van der Waals surface area contributed by atoms with Gasteiger partial charge in [-0.15, -0.1) is 0 Å². The molecular weight excluding hydrogens is 248 g/mol. The van der Waals surface area contributed by atoms with Crippen LogP contribution in [0.2, 0.25) is 0 Å². The van der Waals surface area contributed by atoms with E-state index in [1.807, 2.05) is 6.92 Å². The van der Waals surface area contributed by atoms with Gasteiger partial charge in [-0.2, -0.15) is 0 Å². The number of hydrogen-bond donors (Lipinski definition) is 1. The van der Waals surface area contributed by atoms with Crippen LogP contribution in [0, 0.1) is 11.6 Å². The third kappa shape index (κ3) is 4.78. The first-order valence-electron chi connectivity index (χ1n) is 6.99. The van der Waals surface area contributed by atoms with Gasteiger partial charge in [-0.25, -0.2) is 8.78 Å². The Kier molecular flexibility index (Phi) is 5.14. The van der Waals surface area contributed by atoms with E-state index in [2.05, 4.69) is 5.32 Å². The Hall–Kier alpha value is -1.16. The summed E-state index contributed by atoms with van der Waals surface area (Å²) in [5.41, 5.74) is 0. The number of rotatable bonds is 5. The van der Waals surface area contributed by atoms with Crippen LogP contribution in [0.5, 0.6) is 5.75 Å². The first-order chi connectivity index (χ1) is 9.13. The molecule has 1 aliphatic carbocycles. The zero-order chi connectivity index (χ0) is 13.7. The van der Waals surface area contributed by atoms with Crippen molar-refractivity contribution in [3.63, 3.8) is 0 Å². The van der Waals surface area contributed by atoms with Crippen molar-refractivity contribution < 1.29 is 13.5 Å². The molecule has 0 amide bonds. The Morgan fingerprint density at radius 3 is 2.42 bits per heavy atom. The molecule has 4 heteroatoms. The summed E-state index contributed by atoms with van der Waals surface area (Å²) in [6.45, 7) is 2.60. The smallest absolute Gasteiger partial charge is 0.129 e. The zero-order valence-electron chi connectivity index (χ0n) is 11.3. The first kappa shape index (κ1) is 14.3.